The molecule has 0 saturated carbocycles. The quantitative estimate of drug-likeness (QED) is 0.837. The van der Waals surface area contributed by atoms with Crippen molar-refractivity contribution in [3.63, 3.8) is 0 Å². The van der Waals surface area contributed by atoms with Gasteiger partial charge in [-0.2, -0.15) is 0 Å². The fourth-order valence-corrected chi connectivity index (χ4v) is 2.93. The highest BCUT2D eigenvalue weighted by Crippen LogP contribution is 2.15. The molecule has 1 saturated heterocycles. The normalized spacial score (nSPS) is 15.9. The van der Waals surface area contributed by atoms with Gasteiger partial charge in [0.1, 0.15) is 11.5 Å². The second-order valence-electron chi connectivity index (χ2n) is 6.14. The predicted molar refractivity (Wildman–Crippen MR) is 96.7 cm³/mol. The van der Waals surface area contributed by atoms with Gasteiger partial charge in [0.15, 0.2) is 0 Å². The molecule has 2 heterocycles. The van der Waals surface area contributed by atoms with Crippen LogP contribution < -0.4 is 10.1 Å². The zero-order valence-corrected chi connectivity index (χ0v) is 14.6. The fourth-order valence-electron chi connectivity index (χ4n) is 2.93. The second-order valence-corrected chi connectivity index (χ2v) is 6.14. The van der Waals surface area contributed by atoms with Gasteiger partial charge < -0.3 is 14.5 Å². The Bertz CT molecular complexity index is 647. The zero-order valence-electron chi connectivity index (χ0n) is 14.6. The Labute approximate surface area is 148 Å². The third kappa shape index (κ3) is 5.34. The van der Waals surface area contributed by atoms with Gasteiger partial charge in [0.2, 0.25) is 5.91 Å². The minimum Gasteiger partial charge on any atom is -0.494 e. The molecule has 6 heteroatoms. The van der Waals surface area contributed by atoms with Gasteiger partial charge in [0.25, 0.3) is 0 Å². The van der Waals surface area contributed by atoms with Crippen molar-refractivity contribution in [2.24, 2.45) is 0 Å². The van der Waals surface area contributed by atoms with Crippen LogP contribution >= 0.6 is 0 Å². The van der Waals surface area contributed by atoms with Gasteiger partial charge in [-0.05, 0) is 43.3 Å². The van der Waals surface area contributed by atoms with Crippen LogP contribution in [0.3, 0.4) is 0 Å². The summed E-state index contributed by atoms with van der Waals surface area (Å²) in [6.45, 7) is 7.49. The number of carbonyl (C=O) groups excluding carboxylic acids is 1. The van der Waals surface area contributed by atoms with Crippen molar-refractivity contribution in [1.82, 2.24) is 9.80 Å². The van der Waals surface area contributed by atoms with Crippen LogP contribution in [0.25, 0.3) is 0 Å². The molecule has 25 heavy (non-hydrogen) atoms. The van der Waals surface area contributed by atoms with Crippen LogP contribution in [0.5, 0.6) is 5.75 Å². The van der Waals surface area contributed by atoms with E-state index in [0.29, 0.717) is 13.2 Å². The Morgan fingerprint density at radius 2 is 1.84 bits per heavy atom. The summed E-state index contributed by atoms with van der Waals surface area (Å²) in [5, 5.41) is 2.94. The smallest absolute Gasteiger partial charge is 0.238 e. The van der Waals surface area contributed by atoms with E-state index < -0.39 is 0 Å². The van der Waals surface area contributed by atoms with Crippen LogP contribution in [0.1, 0.15) is 12.7 Å². The molecule has 0 atom stereocenters. The van der Waals surface area contributed by atoms with Gasteiger partial charge in [-0.3, -0.25) is 14.6 Å². The molecule has 1 amide bonds. The van der Waals surface area contributed by atoms with Gasteiger partial charge in [0.05, 0.1) is 26.0 Å². The van der Waals surface area contributed by atoms with Crippen molar-refractivity contribution < 1.29 is 13.9 Å². The van der Waals surface area contributed by atoms with Crippen LogP contribution in [0.2, 0.25) is 0 Å². The number of anilines is 1. The summed E-state index contributed by atoms with van der Waals surface area (Å²) < 4.78 is 10.8. The number of amides is 1. The molecule has 0 unspecified atom stereocenters. The minimum atomic E-state index is 0.0173. The lowest BCUT2D eigenvalue weighted by atomic mass is 10.2. The van der Waals surface area contributed by atoms with E-state index in [1.54, 1.807) is 6.26 Å². The zero-order chi connectivity index (χ0) is 17.5. The monoisotopic (exact) mass is 343 g/mol. The number of hydrogen-bond acceptors (Lipinski definition) is 5. The number of rotatable bonds is 7. The molecule has 0 aliphatic carbocycles. The number of piperazine rings is 1. The van der Waals surface area contributed by atoms with Crippen molar-refractivity contribution in [3.8, 4) is 5.75 Å². The maximum Gasteiger partial charge on any atom is 0.238 e. The van der Waals surface area contributed by atoms with Crippen molar-refractivity contribution in [3.05, 3.63) is 48.4 Å². The number of hydrogen-bond donors (Lipinski definition) is 1. The molecule has 1 aliphatic rings. The summed E-state index contributed by atoms with van der Waals surface area (Å²) in [6, 6.07) is 11.4. The lowest BCUT2D eigenvalue weighted by Crippen LogP contribution is -2.48. The lowest BCUT2D eigenvalue weighted by Gasteiger charge is -2.33. The summed E-state index contributed by atoms with van der Waals surface area (Å²) in [5.41, 5.74) is 0.796. The number of ether oxygens (including phenoxy) is 1. The number of carbonyl (C=O) groups is 1. The molecule has 1 aromatic heterocycles. The first kappa shape index (κ1) is 17.5. The molecule has 0 spiro atoms. The molecule has 1 aliphatic heterocycles. The molecule has 6 nitrogen and oxygen atoms in total. The summed E-state index contributed by atoms with van der Waals surface area (Å²) in [6.07, 6.45) is 1.71. The molecule has 3 rings (SSSR count). The Balaban J connectivity index is 1.40. The fraction of sp³-hybridized carbons (Fsp3) is 0.421. The van der Waals surface area contributed by atoms with Crippen molar-refractivity contribution in [1.29, 1.82) is 0 Å². The van der Waals surface area contributed by atoms with E-state index in [-0.39, 0.29) is 5.91 Å². The van der Waals surface area contributed by atoms with Crippen LogP contribution in [-0.2, 0) is 11.3 Å². The van der Waals surface area contributed by atoms with Crippen molar-refractivity contribution in [2.45, 2.75) is 13.5 Å². The Hall–Kier alpha value is -2.31. The predicted octanol–water partition coefficient (Wildman–Crippen LogP) is 2.43. The third-order valence-corrected chi connectivity index (χ3v) is 4.24. The maximum atomic E-state index is 12.2. The van der Waals surface area contributed by atoms with Gasteiger partial charge >= 0.3 is 0 Å². The number of nitrogens with one attached hydrogen (secondary N) is 1. The topological polar surface area (TPSA) is 58.0 Å². The van der Waals surface area contributed by atoms with Gasteiger partial charge in [-0.25, -0.2) is 0 Å². The first-order valence-electron chi connectivity index (χ1n) is 8.73. The number of benzene rings is 1. The van der Waals surface area contributed by atoms with E-state index in [1.807, 2.05) is 43.3 Å². The van der Waals surface area contributed by atoms with E-state index in [2.05, 4.69) is 15.1 Å². The van der Waals surface area contributed by atoms with Crippen LogP contribution in [-0.4, -0.2) is 55.0 Å². The first-order chi connectivity index (χ1) is 12.2. The first-order valence-corrected chi connectivity index (χ1v) is 8.73. The lowest BCUT2D eigenvalue weighted by molar-refractivity contribution is -0.117. The Morgan fingerprint density at radius 3 is 2.48 bits per heavy atom. The van der Waals surface area contributed by atoms with Gasteiger partial charge in [-0.1, -0.05) is 0 Å². The second kappa shape index (κ2) is 8.69. The van der Waals surface area contributed by atoms with Crippen LogP contribution in [0, 0.1) is 0 Å². The molecule has 1 fully saturated rings. The van der Waals surface area contributed by atoms with Crippen molar-refractivity contribution >= 4 is 11.6 Å². The van der Waals surface area contributed by atoms with Crippen LogP contribution in [0.4, 0.5) is 5.69 Å². The SMILES string of the molecule is CCOc1ccc(NC(=O)CN2CCN(Cc3ccco3)CC2)cc1. The summed E-state index contributed by atoms with van der Waals surface area (Å²) >= 11 is 0. The third-order valence-electron chi connectivity index (χ3n) is 4.24. The average Bonchev–Trinajstić information content (AvgIpc) is 3.12. The molecule has 134 valence electrons. The molecule has 0 bridgehead atoms. The maximum absolute atomic E-state index is 12.2. The number of nitrogens with zero attached hydrogens (tertiary/aromatic N) is 2. The van der Waals surface area contributed by atoms with Crippen LogP contribution in [0.15, 0.2) is 47.1 Å². The van der Waals surface area contributed by atoms with Crippen molar-refractivity contribution in [2.75, 3.05) is 44.6 Å². The van der Waals surface area contributed by atoms with Gasteiger partial charge in [0, 0.05) is 31.9 Å². The van der Waals surface area contributed by atoms with E-state index in [9.17, 15) is 4.79 Å². The summed E-state index contributed by atoms with van der Waals surface area (Å²) in [7, 11) is 0. The largest absolute Gasteiger partial charge is 0.494 e. The standard InChI is InChI=1S/C19H25N3O3/c1-2-24-17-7-5-16(6-8-17)20-19(23)15-22-11-9-21(10-12-22)14-18-4-3-13-25-18/h3-8,13H,2,9-12,14-15H2,1H3,(H,20,23). The Morgan fingerprint density at radius 1 is 1.12 bits per heavy atom. The molecular weight excluding hydrogens is 318 g/mol. The highest BCUT2D eigenvalue weighted by atomic mass is 16.5. The Kier molecular flexibility index (Phi) is 6.09. The summed E-state index contributed by atoms with van der Waals surface area (Å²) in [5.74, 6) is 1.82. The number of furan rings is 1. The average molecular weight is 343 g/mol. The molecule has 1 N–H and O–H groups in total. The molecule has 0 radical (unpaired) electrons. The minimum absolute atomic E-state index is 0.0173. The van der Waals surface area contributed by atoms with E-state index in [0.717, 1.165) is 49.9 Å². The van der Waals surface area contributed by atoms with E-state index in [4.69, 9.17) is 9.15 Å². The molecule has 1 aromatic carbocycles. The molecule has 2 aromatic rings. The van der Waals surface area contributed by atoms with Gasteiger partial charge in [-0.15, -0.1) is 0 Å². The highest BCUT2D eigenvalue weighted by molar-refractivity contribution is 5.92. The van der Waals surface area contributed by atoms with E-state index in [1.165, 1.54) is 0 Å². The summed E-state index contributed by atoms with van der Waals surface area (Å²) in [4.78, 5) is 16.7. The molecular formula is C19H25N3O3. The van der Waals surface area contributed by atoms with E-state index >= 15 is 0 Å². The highest BCUT2D eigenvalue weighted by Gasteiger charge is 2.19.